The molecular weight excluding hydrogens is 394 g/mol. The molecule has 9 heteroatoms. The van der Waals surface area contributed by atoms with Gasteiger partial charge in [0.25, 0.3) is 0 Å². The molecule has 0 saturated heterocycles. The second-order valence-electron chi connectivity index (χ2n) is 8.58. The SMILES string of the molecule is COC(=O)/C=C/CCCC[C@@H](C(=O)OC)N(C(=O)OC(C)(C)C)C(=O)OC(C)(C)C. The number of nitrogens with zero attached hydrogens (tertiary/aromatic N) is 1. The standard InChI is InChI=1S/C21H35NO8/c1-20(2,3)29-18(25)22(19(26)30-21(4,5)6)15(17(24)28-8)13-11-9-10-12-14-16(23)27-7/h12,14-15H,9-11,13H2,1-8H3/b14-12+/t15-/m0/s1. The molecule has 0 aromatic carbocycles. The van der Waals surface area contributed by atoms with Crippen molar-refractivity contribution in [2.45, 2.75) is 84.5 Å². The molecule has 2 amide bonds. The van der Waals surface area contributed by atoms with E-state index in [2.05, 4.69) is 4.74 Å². The number of hydrogen-bond donors (Lipinski definition) is 0. The summed E-state index contributed by atoms with van der Waals surface area (Å²) in [5, 5.41) is 0. The van der Waals surface area contributed by atoms with Crippen molar-refractivity contribution in [2.75, 3.05) is 14.2 Å². The maximum atomic E-state index is 12.7. The van der Waals surface area contributed by atoms with E-state index in [-0.39, 0.29) is 6.42 Å². The Labute approximate surface area is 178 Å². The molecule has 0 spiro atoms. The first-order valence-corrected chi connectivity index (χ1v) is 9.79. The highest BCUT2D eigenvalue weighted by molar-refractivity contribution is 5.94. The molecule has 172 valence electrons. The van der Waals surface area contributed by atoms with Crippen LogP contribution in [0.3, 0.4) is 0 Å². The second-order valence-corrected chi connectivity index (χ2v) is 8.58. The highest BCUT2D eigenvalue weighted by Gasteiger charge is 2.40. The van der Waals surface area contributed by atoms with Crippen molar-refractivity contribution in [3.05, 3.63) is 12.2 Å². The molecular formula is C21H35NO8. The monoisotopic (exact) mass is 429 g/mol. The minimum Gasteiger partial charge on any atom is -0.467 e. The molecule has 0 radical (unpaired) electrons. The first kappa shape index (κ1) is 27.4. The van der Waals surface area contributed by atoms with Crippen molar-refractivity contribution in [1.29, 1.82) is 0 Å². The third-order valence-corrected chi connectivity index (χ3v) is 3.52. The molecule has 0 aromatic rings. The van der Waals surface area contributed by atoms with E-state index in [1.807, 2.05) is 0 Å². The Morgan fingerprint density at radius 3 is 1.73 bits per heavy atom. The summed E-state index contributed by atoms with van der Waals surface area (Å²) in [4.78, 5) is 49.6. The minimum atomic E-state index is -1.20. The smallest absolute Gasteiger partial charge is 0.420 e. The molecule has 0 aliphatic carbocycles. The maximum absolute atomic E-state index is 12.7. The van der Waals surface area contributed by atoms with Gasteiger partial charge in [-0.15, -0.1) is 0 Å². The van der Waals surface area contributed by atoms with Crippen molar-refractivity contribution in [1.82, 2.24) is 4.90 Å². The van der Waals surface area contributed by atoms with Crippen molar-refractivity contribution < 1.29 is 38.1 Å². The molecule has 30 heavy (non-hydrogen) atoms. The Morgan fingerprint density at radius 2 is 1.33 bits per heavy atom. The number of allylic oxidation sites excluding steroid dienone is 1. The fraction of sp³-hybridized carbons (Fsp3) is 0.714. The van der Waals surface area contributed by atoms with Crippen LogP contribution in [0.15, 0.2) is 12.2 Å². The van der Waals surface area contributed by atoms with E-state index in [4.69, 9.17) is 14.2 Å². The Morgan fingerprint density at radius 1 is 0.833 bits per heavy atom. The summed E-state index contributed by atoms with van der Waals surface area (Å²) in [5.41, 5.74) is -1.76. The Balaban J connectivity index is 5.44. The van der Waals surface area contributed by atoms with Crippen molar-refractivity contribution >= 4 is 24.1 Å². The van der Waals surface area contributed by atoms with Gasteiger partial charge >= 0.3 is 24.1 Å². The van der Waals surface area contributed by atoms with Gasteiger partial charge in [0, 0.05) is 6.08 Å². The van der Waals surface area contributed by atoms with Gasteiger partial charge in [0.1, 0.15) is 17.2 Å². The third kappa shape index (κ3) is 11.4. The summed E-state index contributed by atoms with van der Waals surface area (Å²) >= 11 is 0. The van der Waals surface area contributed by atoms with Gasteiger partial charge in [0.05, 0.1) is 14.2 Å². The number of methoxy groups -OCH3 is 2. The zero-order valence-electron chi connectivity index (χ0n) is 19.3. The molecule has 0 N–H and O–H groups in total. The number of unbranched alkanes of at least 4 members (excludes halogenated alkanes) is 2. The van der Waals surface area contributed by atoms with Crippen LogP contribution < -0.4 is 0 Å². The van der Waals surface area contributed by atoms with Crippen LogP contribution in [-0.4, -0.2) is 60.5 Å². The van der Waals surface area contributed by atoms with Crippen LogP contribution in [0.5, 0.6) is 0 Å². The summed E-state index contributed by atoms with van der Waals surface area (Å²) in [7, 11) is 2.46. The molecule has 0 aromatic heterocycles. The maximum Gasteiger partial charge on any atom is 0.420 e. The lowest BCUT2D eigenvalue weighted by Gasteiger charge is -2.32. The lowest BCUT2D eigenvalue weighted by molar-refractivity contribution is -0.147. The predicted octanol–water partition coefficient (Wildman–Crippen LogP) is 3.99. The lowest BCUT2D eigenvalue weighted by atomic mass is 10.1. The fourth-order valence-corrected chi connectivity index (χ4v) is 2.29. The van der Waals surface area contributed by atoms with Crippen molar-refractivity contribution in [2.24, 2.45) is 0 Å². The van der Waals surface area contributed by atoms with Crippen LogP contribution in [0.2, 0.25) is 0 Å². The van der Waals surface area contributed by atoms with E-state index in [0.717, 1.165) is 0 Å². The number of ether oxygens (including phenoxy) is 4. The number of amides is 2. The van der Waals surface area contributed by atoms with Crippen LogP contribution in [0.25, 0.3) is 0 Å². The van der Waals surface area contributed by atoms with Gasteiger partial charge in [-0.25, -0.2) is 19.2 Å². The first-order valence-electron chi connectivity index (χ1n) is 9.79. The molecule has 0 unspecified atom stereocenters. The van der Waals surface area contributed by atoms with E-state index >= 15 is 0 Å². The van der Waals surface area contributed by atoms with Gasteiger partial charge in [0.15, 0.2) is 0 Å². The Bertz CT molecular complexity index is 600. The molecule has 0 aliphatic rings. The predicted molar refractivity (Wildman–Crippen MR) is 110 cm³/mol. The normalized spacial score (nSPS) is 12.8. The number of rotatable bonds is 8. The zero-order chi connectivity index (χ0) is 23.5. The summed E-state index contributed by atoms with van der Waals surface area (Å²) in [5.74, 6) is -1.21. The van der Waals surface area contributed by atoms with E-state index < -0.39 is 41.4 Å². The molecule has 9 nitrogen and oxygen atoms in total. The first-order chi connectivity index (χ1) is 13.7. The van der Waals surface area contributed by atoms with Crippen LogP contribution in [0, 0.1) is 0 Å². The van der Waals surface area contributed by atoms with Crippen molar-refractivity contribution in [3.8, 4) is 0 Å². The van der Waals surface area contributed by atoms with Gasteiger partial charge in [-0.2, -0.15) is 4.90 Å². The summed E-state index contributed by atoms with van der Waals surface area (Å²) in [6, 6.07) is -1.20. The van der Waals surface area contributed by atoms with Gasteiger partial charge in [0.2, 0.25) is 0 Å². The molecule has 0 heterocycles. The molecule has 0 bridgehead atoms. The van der Waals surface area contributed by atoms with E-state index in [9.17, 15) is 19.2 Å². The number of esters is 2. The number of hydrogen-bond acceptors (Lipinski definition) is 8. The van der Waals surface area contributed by atoms with Gasteiger partial charge in [-0.05, 0) is 60.8 Å². The van der Waals surface area contributed by atoms with Crippen LogP contribution >= 0.6 is 0 Å². The quantitative estimate of drug-likeness (QED) is 0.247. The number of carbonyl (C=O) groups is 4. The van der Waals surface area contributed by atoms with Crippen LogP contribution in [-0.2, 0) is 28.5 Å². The Kier molecular flexibility index (Phi) is 11.1. The van der Waals surface area contributed by atoms with Gasteiger partial charge in [-0.3, -0.25) is 0 Å². The summed E-state index contributed by atoms with van der Waals surface area (Å²) in [6.45, 7) is 9.91. The Hall–Kier alpha value is -2.58. The van der Waals surface area contributed by atoms with Crippen LogP contribution in [0.4, 0.5) is 9.59 Å². The zero-order valence-corrected chi connectivity index (χ0v) is 19.3. The number of imide groups is 1. The highest BCUT2D eigenvalue weighted by atomic mass is 16.6. The molecule has 0 fully saturated rings. The fourth-order valence-electron chi connectivity index (χ4n) is 2.29. The van der Waals surface area contributed by atoms with Gasteiger partial charge in [-0.1, -0.05) is 12.5 Å². The van der Waals surface area contributed by atoms with Gasteiger partial charge < -0.3 is 18.9 Å². The van der Waals surface area contributed by atoms with E-state index in [0.29, 0.717) is 24.2 Å². The summed E-state index contributed by atoms with van der Waals surface area (Å²) < 4.78 is 19.9. The molecule has 0 saturated carbocycles. The molecule has 0 aliphatic heterocycles. The highest BCUT2D eigenvalue weighted by Crippen LogP contribution is 2.20. The molecule has 1 atom stereocenters. The van der Waals surface area contributed by atoms with E-state index in [1.165, 1.54) is 20.3 Å². The topological polar surface area (TPSA) is 108 Å². The minimum absolute atomic E-state index is 0.150. The van der Waals surface area contributed by atoms with E-state index in [1.54, 1.807) is 47.6 Å². The largest absolute Gasteiger partial charge is 0.467 e. The average Bonchev–Trinajstić information content (AvgIpc) is 2.59. The molecule has 0 rings (SSSR count). The second kappa shape index (κ2) is 12.2. The lowest BCUT2D eigenvalue weighted by Crippen LogP contribution is -2.52. The third-order valence-electron chi connectivity index (χ3n) is 3.52. The van der Waals surface area contributed by atoms with Crippen LogP contribution in [0.1, 0.15) is 67.2 Å². The summed E-state index contributed by atoms with van der Waals surface area (Å²) in [6.07, 6.45) is 2.78. The number of carbonyl (C=O) groups excluding carboxylic acids is 4. The average molecular weight is 430 g/mol. The van der Waals surface area contributed by atoms with Crippen molar-refractivity contribution in [3.63, 3.8) is 0 Å².